The van der Waals surface area contributed by atoms with Gasteiger partial charge in [-0.05, 0) is 35.4 Å². The topological polar surface area (TPSA) is 9.34 Å². The second-order valence-electron chi connectivity index (χ2n) is 9.03. The minimum absolute atomic E-state index is 1.26. The molecule has 0 atom stereocenters. The van der Waals surface area contributed by atoms with E-state index in [4.69, 9.17) is 0 Å². The third-order valence-corrected chi connectivity index (χ3v) is 7.47. The summed E-state index contributed by atoms with van der Waals surface area (Å²) in [5, 5.41) is 7.94. The van der Waals surface area contributed by atoms with Crippen molar-refractivity contribution in [3.05, 3.63) is 103 Å². The molecular weight excluding hydrogens is 400 g/mol. The van der Waals surface area contributed by atoms with Crippen LogP contribution >= 0.6 is 0 Å². The van der Waals surface area contributed by atoms with E-state index in [1.807, 2.05) is 0 Å². The van der Waals surface area contributed by atoms with Crippen molar-refractivity contribution in [2.45, 2.75) is 0 Å². The van der Waals surface area contributed by atoms with Crippen molar-refractivity contribution in [3.8, 4) is 11.1 Å². The zero-order valence-corrected chi connectivity index (χ0v) is 18.2. The molecule has 0 bridgehead atoms. The molecule has 154 valence electrons. The molecule has 0 spiro atoms. The number of nitrogens with zero attached hydrogens (tertiary/aromatic N) is 2. The molecule has 0 amide bonds. The highest BCUT2D eigenvalue weighted by molar-refractivity contribution is 6.33. The normalized spacial score (nSPS) is 12.4. The summed E-state index contributed by atoms with van der Waals surface area (Å²) in [5.41, 5.74) is 8.92. The van der Waals surface area contributed by atoms with Crippen molar-refractivity contribution in [1.29, 1.82) is 0 Å². The van der Waals surface area contributed by atoms with Crippen LogP contribution in [0, 0.1) is 0 Å². The van der Waals surface area contributed by atoms with Gasteiger partial charge in [0.1, 0.15) is 0 Å². The molecule has 0 saturated heterocycles. The Kier molecular flexibility index (Phi) is 3.11. The number of para-hydroxylation sites is 2. The van der Waals surface area contributed by atoms with Crippen LogP contribution in [0.2, 0.25) is 0 Å². The molecule has 5 aromatic carbocycles. The number of aromatic nitrogens is 2. The third kappa shape index (κ3) is 2.00. The summed E-state index contributed by atoms with van der Waals surface area (Å²) in [4.78, 5) is 0. The van der Waals surface area contributed by atoms with Crippen LogP contribution in [0.3, 0.4) is 0 Å². The van der Waals surface area contributed by atoms with Crippen molar-refractivity contribution < 1.29 is 0 Å². The van der Waals surface area contributed by atoms with Gasteiger partial charge in [-0.15, -0.1) is 0 Å². The number of hydrogen-bond donors (Lipinski definition) is 0. The Morgan fingerprint density at radius 1 is 0.455 bits per heavy atom. The lowest BCUT2D eigenvalue weighted by Gasteiger charge is -2.09. The second-order valence-corrected chi connectivity index (χ2v) is 9.03. The SMILES string of the molecule is Cn1c2ccc(-c3ccccc3)c3c4cccc5c6ccccc6n(c6cccc1c6c32)c54. The molecule has 2 nitrogen and oxygen atoms in total. The van der Waals surface area contributed by atoms with Crippen molar-refractivity contribution in [1.82, 2.24) is 8.97 Å². The van der Waals surface area contributed by atoms with Crippen LogP contribution in [-0.2, 0) is 7.05 Å². The van der Waals surface area contributed by atoms with Gasteiger partial charge in [-0.25, -0.2) is 0 Å². The monoisotopic (exact) mass is 420 g/mol. The van der Waals surface area contributed by atoms with Crippen molar-refractivity contribution in [2.24, 2.45) is 7.05 Å². The predicted octanol–water partition coefficient (Wildman–Crippen LogP) is 8.15. The van der Waals surface area contributed by atoms with Gasteiger partial charge in [0, 0.05) is 44.9 Å². The average Bonchev–Trinajstić information content (AvgIpc) is 3.32. The van der Waals surface area contributed by atoms with Gasteiger partial charge in [0.15, 0.2) is 0 Å². The van der Waals surface area contributed by atoms with Crippen LogP contribution in [0.4, 0.5) is 0 Å². The molecule has 3 heterocycles. The highest BCUT2D eigenvalue weighted by atomic mass is 15.0. The van der Waals surface area contributed by atoms with Gasteiger partial charge in [-0.1, -0.05) is 78.9 Å². The maximum absolute atomic E-state index is 2.50. The minimum Gasteiger partial charge on any atom is -0.344 e. The number of aryl methyl sites for hydroxylation is 1. The highest BCUT2D eigenvalue weighted by Crippen LogP contribution is 2.45. The summed E-state index contributed by atoms with van der Waals surface area (Å²) >= 11 is 0. The van der Waals surface area contributed by atoms with Crippen molar-refractivity contribution >= 4 is 59.9 Å². The van der Waals surface area contributed by atoms with E-state index in [2.05, 4.69) is 119 Å². The first kappa shape index (κ1) is 17.3. The molecule has 0 saturated carbocycles. The zero-order chi connectivity index (χ0) is 21.7. The predicted molar refractivity (Wildman–Crippen MR) is 141 cm³/mol. The van der Waals surface area contributed by atoms with E-state index in [0.717, 1.165) is 0 Å². The van der Waals surface area contributed by atoms with Crippen LogP contribution in [0.1, 0.15) is 0 Å². The summed E-state index contributed by atoms with van der Waals surface area (Å²) in [5.74, 6) is 0. The van der Waals surface area contributed by atoms with Gasteiger partial charge in [0.25, 0.3) is 0 Å². The lowest BCUT2D eigenvalue weighted by atomic mass is 9.95. The summed E-state index contributed by atoms with van der Waals surface area (Å²) in [6.07, 6.45) is 0. The van der Waals surface area contributed by atoms with Gasteiger partial charge in [-0.3, -0.25) is 0 Å². The minimum atomic E-state index is 1.26. The van der Waals surface area contributed by atoms with E-state index in [0.29, 0.717) is 0 Å². The molecule has 2 heteroatoms. The van der Waals surface area contributed by atoms with E-state index in [9.17, 15) is 0 Å². The van der Waals surface area contributed by atoms with Crippen molar-refractivity contribution in [2.75, 3.05) is 0 Å². The van der Waals surface area contributed by atoms with E-state index < -0.39 is 0 Å². The van der Waals surface area contributed by atoms with Gasteiger partial charge in [0.05, 0.1) is 22.1 Å². The Morgan fingerprint density at radius 2 is 1.12 bits per heavy atom. The number of benzene rings is 5. The fraction of sp³-hybridized carbons (Fsp3) is 0.0323. The molecule has 0 fully saturated rings. The van der Waals surface area contributed by atoms with Crippen LogP contribution in [0.15, 0.2) is 103 Å². The zero-order valence-electron chi connectivity index (χ0n) is 18.2. The second kappa shape index (κ2) is 5.93. The van der Waals surface area contributed by atoms with E-state index in [1.54, 1.807) is 0 Å². The van der Waals surface area contributed by atoms with E-state index in [-0.39, 0.29) is 0 Å². The van der Waals surface area contributed by atoms with Crippen LogP contribution in [0.5, 0.6) is 0 Å². The summed E-state index contributed by atoms with van der Waals surface area (Å²) in [7, 11) is 2.19. The molecule has 0 aliphatic carbocycles. The Hall–Kier alpha value is -4.30. The fourth-order valence-corrected chi connectivity index (χ4v) is 6.11. The van der Waals surface area contributed by atoms with Crippen LogP contribution in [0.25, 0.3) is 71.0 Å². The molecule has 8 aromatic rings. The fourth-order valence-electron chi connectivity index (χ4n) is 6.11. The Labute approximate surface area is 190 Å². The van der Waals surface area contributed by atoms with Gasteiger partial charge in [0.2, 0.25) is 0 Å². The molecular formula is C31H20N2. The lowest BCUT2D eigenvalue weighted by molar-refractivity contribution is 1.01. The standard InChI is InChI=1S/C31H20N2/c1-32-25-15-8-16-27-29(25)30-26(32)18-17-20(19-9-3-2-4-10-19)28(30)23-13-7-12-22-21-11-5-6-14-24(21)33(27)31(22)23/h2-18H,1H3. The molecule has 3 aromatic heterocycles. The maximum atomic E-state index is 2.50. The van der Waals surface area contributed by atoms with Gasteiger partial charge in [-0.2, -0.15) is 0 Å². The largest absolute Gasteiger partial charge is 0.344 e. The maximum Gasteiger partial charge on any atom is 0.0620 e. The molecule has 0 aliphatic heterocycles. The summed E-state index contributed by atoms with van der Waals surface area (Å²) in [6, 6.07) is 37.8. The van der Waals surface area contributed by atoms with Crippen molar-refractivity contribution in [3.63, 3.8) is 0 Å². The summed E-state index contributed by atoms with van der Waals surface area (Å²) < 4.78 is 4.85. The lowest BCUT2D eigenvalue weighted by Crippen LogP contribution is -1.89. The highest BCUT2D eigenvalue weighted by Gasteiger charge is 2.22. The quantitative estimate of drug-likeness (QED) is 0.253. The third-order valence-electron chi connectivity index (χ3n) is 7.47. The molecule has 8 rings (SSSR count). The Morgan fingerprint density at radius 3 is 2.03 bits per heavy atom. The molecule has 0 unspecified atom stereocenters. The van der Waals surface area contributed by atoms with Gasteiger partial charge >= 0.3 is 0 Å². The first-order valence-corrected chi connectivity index (χ1v) is 11.5. The molecule has 0 N–H and O–H groups in total. The Bertz CT molecular complexity index is 2020. The molecule has 33 heavy (non-hydrogen) atoms. The Balaban J connectivity index is 1.84. The van der Waals surface area contributed by atoms with E-state index in [1.165, 1.54) is 71.0 Å². The first-order chi connectivity index (χ1) is 16.3. The van der Waals surface area contributed by atoms with Crippen LogP contribution in [-0.4, -0.2) is 8.97 Å². The summed E-state index contributed by atoms with van der Waals surface area (Å²) in [6.45, 7) is 0. The number of rotatable bonds is 1. The average molecular weight is 421 g/mol. The molecule has 0 aliphatic rings. The first-order valence-electron chi connectivity index (χ1n) is 11.5. The smallest absolute Gasteiger partial charge is 0.0620 e. The number of hydrogen-bond acceptors (Lipinski definition) is 0. The molecule has 0 radical (unpaired) electrons. The van der Waals surface area contributed by atoms with Gasteiger partial charge < -0.3 is 8.97 Å². The van der Waals surface area contributed by atoms with Crippen LogP contribution < -0.4 is 0 Å². The number of fused-ring (bicyclic) bond motifs is 5. The van der Waals surface area contributed by atoms with E-state index >= 15 is 0 Å².